The van der Waals surface area contributed by atoms with Crippen LogP contribution in [0.25, 0.3) is 0 Å². The van der Waals surface area contributed by atoms with Gasteiger partial charge in [-0.2, -0.15) is 0 Å². The standard InChI is InChI=1S/C15H22N4O2/c1-10(16-3)9-18-14(20)12-5-4-6-13(11(12)2)19-8-7-17-15(19)21/h4-6,10,16H,7-9H2,1-3H3,(H,17,21)(H,18,20). The highest BCUT2D eigenvalue weighted by atomic mass is 16.2. The first-order valence-corrected chi connectivity index (χ1v) is 7.15. The Morgan fingerprint density at radius 2 is 2.24 bits per heavy atom. The van der Waals surface area contributed by atoms with E-state index in [1.807, 2.05) is 33.0 Å². The highest BCUT2D eigenvalue weighted by Gasteiger charge is 2.24. The van der Waals surface area contributed by atoms with E-state index in [0.29, 0.717) is 25.2 Å². The molecule has 2 rings (SSSR count). The van der Waals surface area contributed by atoms with Gasteiger partial charge >= 0.3 is 6.03 Å². The molecule has 3 N–H and O–H groups in total. The van der Waals surface area contributed by atoms with Crippen molar-refractivity contribution in [3.8, 4) is 0 Å². The number of hydrogen-bond acceptors (Lipinski definition) is 3. The normalized spacial score (nSPS) is 15.8. The zero-order valence-corrected chi connectivity index (χ0v) is 12.7. The molecule has 1 unspecified atom stereocenters. The summed E-state index contributed by atoms with van der Waals surface area (Å²) in [5, 5.41) is 8.74. The van der Waals surface area contributed by atoms with Gasteiger partial charge in [0, 0.05) is 36.9 Å². The van der Waals surface area contributed by atoms with Crippen molar-refractivity contribution in [2.24, 2.45) is 0 Å². The first kappa shape index (κ1) is 15.3. The molecule has 0 aromatic heterocycles. The van der Waals surface area contributed by atoms with Crippen LogP contribution in [-0.4, -0.2) is 44.7 Å². The minimum atomic E-state index is -0.115. The van der Waals surface area contributed by atoms with Crippen molar-refractivity contribution >= 4 is 17.6 Å². The molecule has 1 aromatic rings. The maximum atomic E-state index is 12.3. The predicted octanol–water partition coefficient (Wildman–Crippen LogP) is 0.862. The van der Waals surface area contributed by atoms with Crippen LogP contribution < -0.4 is 20.9 Å². The summed E-state index contributed by atoms with van der Waals surface area (Å²) in [4.78, 5) is 25.7. The number of nitrogens with zero attached hydrogens (tertiary/aromatic N) is 1. The fourth-order valence-corrected chi connectivity index (χ4v) is 2.31. The van der Waals surface area contributed by atoms with E-state index in [2.05, 4.69) is 16.0 Å². The van der Waals surface area contributed by atoms with Gasteiger partial charge < -0.3 is 16.0 Å². The van der Waals surface area contributed by atoms with Gasteiger partial charge in [0.2, 0.25) is 0 Å². The van der Waals surface area contributed by atoms with Gasteiger partial charge in [0.05, 0.1) is 0 Å². The molecule has 21 heavy (non-hydrogen) atoms. The molecule has 6 heteroatoms. The van der Waals surface area contributed by atoms with Crippen LogP contribution >= 0.6 is 0 Å². The summed E-state index contributed by atoms with van der Waals surface area (Å²) in [6.45, 7) is 5.69. The van der Waals surface area contributed by atoms with Gasteiger partial charge in [0.1, 0.15) is 0 Å². The molecule has 0 radical (unpaired) electrons. The minimum Gasteiger partial charge on any atom is -0.350 e. The van der Waals surface area contributed by atoms with E-state index >= 15 is 0 Å². The number of carbonyl (C=O) groups excluding carboxylic acids is 2. The monoisotopic (exact) mass is 290 g/mol. The van der Waals surface area contributed by atoms with Crippen LogP contribution in [0.4, 0.5) is 10.5 Å². The Hall–Kier alpha value is -2.08. The number of nitrogens with one attached hydrogen (secondary N) is 3. The van der Waals surface area contributed by atoms with E-state index in [0.717, 1.165) is 11.3 Å². The second-order valence-electron chi connectivity index (χ2n) is 5.23. The third-order valence-corrected chi connectivity index (χ3v) is 3.76. The van der Waals surface area contributed by atoms with Crippen molar-refractivity contribution in [1.82, 2.24) is 16.0 Å². The Labute approximate surface area is 124 Å². The van der Waals surface area contributed by atoms with Crippen LogP contribution in [0.3, 0.4) is 0 Å². The van der Waals surface area contributed by atoms with Crippen LogP contribution in [0.5, 0.6) is 0 Å². The number of amides is 3. The number of anilines is 1. The Morgan fingerprint density at radius 1 is 1.48 bits per heavy atom. The summed E-state index contributed by atoms with van der Waals surface area (Å²) >= 11 is 0. The first-order chi connectivity index (χ1) is 10.0. The van der Waals surface area contributed by atoms with Crippen LogP contribution in [-0.2, 0) is 0 Å². The lowest BCUT2D eigenvalue weighted by atomic mass is 10.1. The highest BCUT2D eigenvalue weighted by molar-refractivity contribution is 6.00. The molecule has 0 bridgehead atoms. The van der Waals surface area contributed by atoms with Gasteiger partial charge in [0.15, 0.2) is 0 Å². The molecule has 1 aromatic carbocycles. The Balaban J connectivity index is 2.17. The molecule has 0 saturated carbocycles. The molecule has 1 atom stereocenters. The van der Waals surface area contributed by atoms with E-state index in [4.69, 9.17) is 0 Å². The van der Waals surface area contributed by atoms with Crippen LogP contribution in [0.15, 0.2) is 18.2 Å². The third kappa shape index (κ3) is 3.33. The summed E-state index contributed by atoms with van der Waals surface area (Å²) in [7, 11) is 1.86. The van der Waals surface area contributed by atoms with Gasteiger partial charge in [-0.3, -0.25) is 9.69 Å². The van der Waals surface area contributed by atoms with Crippen molar-refractivity contribution in [2.45, 2.75) is 19.9 Å². The minimum absolute atomic E-state index is 0.112. The number of urea groups is 1. The average Bonchev–Trinajstić information content (AvgIpc) is 2.90. The number of hydrogen-bond donors (Lipinski definition) is 3. The van der Waals surface area contributed by atoms with E-state index in [1.165, 1.54) is 0 Å². The molecule has 3 amide bonds. The topological polar surface area (TPSA) is 73.5 Å². The zero-order valence-electron chi connectivity index (χ0n) is 12.7. The van der Waals surface area contributed by atoms with E-state index in [9.17, 15) is 9.59 Å². The Kier molecular flexibility index (Phi) is 4.80. The van der Waals surface area contributed by atoms with Crippen molar-refractivity contribution in [3.63, 3.8) is 0 Å². The van der Waals surface area contributed by atoms with Gasteiger partial charge in [-0.15, -0.1) is 0 Å². The molecule has 6 nitrogen and oxygen atoms in total. The number of likely N-dealkylation sites (N-methyl/N-ethyl adjacent to an activating group) is 1. The largest absolute Gasteiger partial charge is 0.350 e. The quantitative estimate of drug-likeness (QED) is 0.753. The molecule has 0 spiro atoms. The van der Waals surface area contributed by atoms with E-state index < -0.39 is 0 Å². The second-order valence-corrected chi connectivity index (χ2v) is 5.23. The summed E-state index contributed by atoms with van der Waals surface area (Å²) in [5.41, 5.74) is 2.22. The summed E-state index contributed by atoms with van der Waals surface area (Å²) in [5.74, 6) is -0.115. The lowest BCUT2D eigenvalue weighted by Crippen LogP contribution is -2.37. The third-order valence-electron chi connectivity index (χ3n) is 3.76. The molecule has 1 saturated heterocycles. The van der Waals surface area contributed by atoms with Gasteiger partial charge in [0.25, 0.3) is 5.91 Å². The molecule has 1 aliphatic rings. The summed E-state index contributed by atoms with van der Waals surface area (Å²) in [6.07, 6.45) is 0. The van der Waals surface area contributed by atoms with Crippen molar-refractivity contribution in [3.05, 3.63) is 29.3 Å². The maximum Gasteiger partial charge on any atom is 0.322 e. The molecule has 1 fully saturated rings. The maximum absolute atomic E-state index is 12.3. The Morgan fingerprint density at radius 3 is 2.86 bits per heavy atom. The first-order valence-electron chi connectivity index (χ1n) is 7.15. The Bertz CT molecular complexity index is 544. The van der Waals surface area contributed by atoms with Gasteiger partial charge in [-0.1, -0.05) is 6.07 Å². The van der Waals surface area contributed by atoms with Crippen molar-refractivity contribution in [2.75, 3.05) is 31.6 Å². The zero-order chi connectivity index (χ0) is 15.4. The fourth-order valence-electron chi connectivity index (χ4n) is 2.31. The molecular weight excluding hydrogens is 268 g/mol. The second kappa shape index (κ2) is 6.58. The fraction of sp³-hybridized carbons (Fsp3) is 0.467. The smallest absolute Gasteiger partial charge is 0.322 e. The molecule has 1 aliphatic heterocycles. The predicted molar refractivity (Wildman–Crippen MR) is 82.8 cm³/mol. The molecule has 114 valence electrons. The summed E-state index contributed by atoms with van der Waals surface area (Å²) < 4.78 is 0. The number of carbonyl (C=O) groups is 2. The lowest BCUT2D eigenvalue weighted by molar-refractivity contribution is 0.0950. The average molecular weight is 290 g/mol. The van der Waals surface area contributed by atoms with E-state index in [1.54, 1.807) is 11.0 Å². The number of rotatable bonds is 5. The van der Waals surface area contributed by atoms with Gasteiger partial charge in [-0.05, 0) is 38.6 Å². The summed E-state index contributed by atoms with van der Waals surface area (Å²) in [6, 6.07) is 5.56. The highest BCUT2D eigenvalue weighted by Crippen LogP contribution is 2.24. The lowest BCUT2D eigenvalue weighted by Gasteiger charge is -2.19. The van der Waals surface area contributed by atoms with Crippen molar-refractivity contribution < 1.29 is 9.59 Å². The van der Waals surface area contributed by atoms with Gasteiger partial charge in [-0.25, -0.2) is 4.79 Å². The molecule has 1 heterocycles. The SMILES string of the molecule is CNC(C)CNC(=O)c1cccc(N2CCNC2=O)c1C. The molecule has 0 aliphatic carbocycles. The molecular formula is C15H22N4O2. The number of benzene rings is 1. The van der Waals surface area contributed by atoms with Crippen LogP contribution in [0, 0.1) is 6.92 Å². The van der Waals surface area contributed by atoms with Crippen LogP contribution in [0.2, 0.25) is 0 Å². The van der Waals surface area contributed by atoms with E-state index in [-0.39, 0.29) is 18.0 Å². The van der Waals surface area contributed by atoms with Crippen LogP contribution in [0.1, 0.15) is 22.8 Å². The van der Waals surface area contributed by atoms with Crippen molar-refractivity contribution in [1.29, 1.82) is 0 Å².